The van der Waals surface area contributed by atoms with E-state index in [0.717, 1.165) is 18.2 Å². The van der Waals surface area contributed by atoms with Gasteiger partial charge in [0.05, 0.1) is 18.2 Å². The van der Waals surface area contributed by atoms with Crippen LogP contribution in [0.15, 0.2) is 42.5 Å². The summed E-state index contributed by atoms with van der Waals surface area (Å²) >= 11 is 0. The van der Waals surface area contributed by atoms with E-state index in [2.05, 4.69) is 5.32 Å². The van der Waals surface area contributed by atoms with Gasteiger partial charge in [-0.15, -0.1) is 0 Å². The molecule has 0 aromatic heterocycles. The molecule has 0 aliphatic carbocycles. The number of hydrogen-bond acceptors (Lipinski definition) is 3. The van der Waals surface area contributed by atoms with Crippen LogP contribution in [0.3, 0.4) is 0 Å². The van der Waals surface area contributed by atoms with E-state index in [9.17, 15) is 13.6 Å². The van der Waals surface area contributed by atoms with E-state index >= 15 is 0 Å². The van der Waals surface area contributed by atoms with Crippen LogP contribution < -0.4 is 10.1 Å². The molecule has 1 atom stereocenters. The molecule has 2 aromatic rings. The summed E-state index contributed by atoms with van der Waals surface area (Å²) < 4.78 is 37.5. The lowest BCUT2D eigenvalue weighted by Crippen LogP contribution is -2.28. The average Bonchev–Trinajstić information content (AvgIpc) is 2.57. The average molecular weight is 335 g/mol. The number of amides is 1. The fourth-order valence-electron chi connectivity index (χ4n) is 2.21. The molecule has 6 heteroatoms. The zero-order chi connectivity index (χ0) is 17.5. The van der Waals surface area contributed by atoms with Crippen molar-refractivity contribution in [2.45, 2.75) is 13.0 Å². The minimum Gasteiger partial charge on any atom is -0.490 e. The summed E-state index contributed by atoms with van der Waals surface area (Å²) in [6, 6.07) is 9.16. The number of carbonyl (C=O) groups is 1. The minimum absolute atomic E-state index is 0.0844. The van der Waals surface area contributed by atoms with Crippen LogP contribution in [0, 0.1) is 11.6 Å². The topological polar surface area (TPSA) is 47.6 Å². The summed E-state index contributed by atoms with van der Waals surface area (Å²) in [7, 11) is 1.55. The third kappa shape index (κ3) is 4.52. The molecule has 0 unspecified atom stereocenters. The predicted octanol–water partition coefficient (Wildman–Crippen LogP) is 3.48. The molecule has 0 saturated heterocycles. The van der Waals surface area contributed by atoms with E-state index in [1.807, 2.05) is 0 Å². The van der Waals surface area contributed by atoms with Crippen molar-refractivity contribution in [1.29, 1.82) is 0 Å². The number of carbonyl (C=O) groups excluding carboxylic acids is 1. The van der Waals surface area contributed by atoms with Crippen LogP contribution in [-0.4, -0.2) is 26.2 Å². The second-order valence-electron chi connectivity index (χ2n) is 5.20. The molecule has 0 radical (unpaired) electrons. The summed E-state index contributed by atoms with van der Waals surface area (Å²) in [5.41, 5.74) is 0.401. The van der Waals surface area contributed by atoms with Gasteiger partial charge in [0.25, 0.3) is 5.91 Å². The molecule has 0 fully saturated rings. The van der Waals surface area contributed by atoms with Crippen molar-refractivity contribution in [3.8, 4) is 5.75 Å². The highest BCUT2D eigenvalue weighted by molar-refractivity contribution is 5.97. The second kappa shape index (κ2) is 8.40. The predicted molar refractivity (Wildman–Crippen MR) is 86.1 cm³/mol. The maximum absolute atomic E-state index is 13.8. The van der Waals surface area contributed by atoms with Crippen LogP contribution in [0.25, 0.3) is 0 Å². The van der Waals surface area contributed by atoms with Crippen LogP contribution in [-0.2, 0) is 4.74 Å². The Labute approximate surface area is 139 Å². The van der Waals surface area contributed by atoms with Gasteiger partial charge < -0.3 is 14.8 Å². The van der Waals surface area contributed by atoms with Crippen molar-refractivity contribution in [3.05, 3.63) is 65.2 Å². The molecular formula is C18H19F2NO3. The highest BCUT2D eigenvalue weighted by atomic mass is 19.1. The van der Waals surface area contributed by atoms with Crippen LogP contribution >= 0.6 is 0 Å². The molecule has 0 aliphatic heterocycles. The minimum atomic E-state index is -0.694. The Morgan fingerprint density at radius 1 is 1.17 bits per heavy atom. The molecule has 0 spiro atoms. The zero-order valence-electron chi connectivity index (χ0n) is 13.5. The Kier molecular flexibility index (Phi) is 6.26. The summed E-state index contributed by atoms with van der Waals surface area (Å²) in [5, 5.41) is 2.65. The number of nitrogens with one attached hydrogen (secondary N) is 1. The Morgan fingerprint density at radius 2 is 1.92 bits per heavy atom. The van der Waals surface area contributed by atoms with E-state index in [0.29, 0.717) is 24.5 Å². The maximum Gasteiger partial charge on any atom is 0.255 e. The van der Waals surface area contributed by atoms with Crippen molar-refractivity contribution < 1.29 is 23.0 Å². The monoisotopic (exact) mass is 335 g/mol. The molecule has 24 heavy (non-hydrogen) atoms. The van der Waals surface area contributed by atoms with E-state index in [4.69, 9.17) is 9.47 Å². The van der Waals surface area contributed by atoms with Gasteiger partial charge in [0, 0.05) is 12.7 Å². The third-order valence-electron chi connectivity index (χ3n) is 3.45. The van der Waals surface area contributed by atoms with Crippen molar-refractivity contribution in [2.24, 2.45) is 0 Å². The normalized spacial score (nSPS) is 11.8. The summed E-state index contributed by atoms with van der Waals surface area (Å²) in [6.45, 7) is 2.28. The number of benzene rings is 2. The van der Waals surface area contributed by atoms with E-state index in [1.54, 1.807) is 38.3 Å². The van der Waals surface area contributed by atoms with Crippen LogP contribution in [0.4, 0.5) is 8.78 Å². The van der Waals surface area contributed by atoms with Crippen molar-refractivity contribution >= 4 is 5.91 Å². The first-order chi connectivity index (χ1) is 11.5. The van der Waals surface area contributed by atoms with E-state index in [-0.39, 0.29) is 5.56 Å². The molecule has 2 rings (SSSR count). The molecule has 1 N–H and O–H groups in total. The van der Waals surface area contributed by atoms with Gasteiger partial charge in [-0.1, -0.05) is 12.1 Å². The quantitative estimate of drug-likeness (QED) is 0.788. The molecule has 0 bridgehead atoms. The molecule has 2 aromatic carbocycles. The van der Waals surface area contributed by atoms with Gasteiger partial charge in [0.1, 0.15) is 24.0 Å². The summed E-state index contributed by atoms with van der Waals surface area (Å²) in [6.07, 6.45) is 0. The zero-order valence-corrected chi connectivity index (χ0v) is 13.5. The Hall–Kier alpha value is -2.47. The first kappa shape index (κ1) is 17.9. The van der Waals surface area contributed by atoms with Gasteiger partial charge in [-0.25, -0.2) is 8.78 Å². The van der Waals surface area contributed by atoms with Gasteiger partial charge >= 0.3 is 0 Å². The molecule has 0 heterocycles. The maximum atomic E-state index is 13.8. The number of hydrogen-bond donors (Lipinski definition) is 1. The van der Waals surface area contributed by atoms with Crippen LogP contribution in [0.1, 0.15) is 28.9 Å². The first-order valence-electron chi connectivity index (χ1n) is 7.49. The number of rotatable bonds is 7. The molecule has 0 aliphatic rings. The van der Waals surface area contributed by atoms with Crippen LogP contribution in [0.5, 0.6) is 5.75 Å². The molecule has 1 amide bonds. The van der Waals surface area contributed by atoms with Gasteiger partial charge in [-0.05, 0) is 37.3 Å². The third-order valence-corrected chi connectivity index (χ3v) is 3.45. The molecule has 128 valence electrons. The Bertz CT molecular complexity index is 706. The van der Waals surface area contributed by atoms with Crippen molar-refractivity contribution in [3.63, 3.8) is 0 Å². The Balaban J connectivity index is 2.13. The number of methoxy groups -OCH3 is 1. The van der Waals surface area contributed by atoms with Crippen molar-refractivity contribution in [2.75, 3.05) is 20.3 Å². The lowest BCUT2D eigenvalue weighted by Gasteiger charge is -2.17. The lowest BCUT2D eigenvalue weighted by atomic mass is 10.1. The first-order valence-corrected chi connectivity index (χ1v) is 7.49. The van der Waals surface area contributed by atoms with E-state index < -0.39 is 23.6 Å². The van der Waals surface area contributed by atoms with Gasteiger partial charge in [0.2, 0.25) is 0 Å². The largest absolute Gasteiger partial charge is 0.490 e. The highest BCUT2D eigenvalue weighted by Crippen LogP contribution is 2.21. The number of halogens is 2. The summed E-state index contributed by atoms with van der Waals surface area (Å²) in [5.74, 6) is -1.16. The van der Waals surface area contributed by atoms with Gasteiger partial charge in [0.15, 0.2) is 0 Å². The fourth-order valence-corrected chi connectivity index (χ4v) is 2.21. The second-order valence-corrected chi connectivity index (χ2v) is 5.20. The SMILES string of the molecule is COCCOc1ccccc1C(=O)N[C@H](C)c1cc(F)ccc1F. The summed E-state index contributed by atoms with van der Waals surface area (Å²) in [4.78, 5) is 12.4. The smallest absolute Gasteiger partial charge is 0.255 e. The fraction of sp³-hybridized carbons (Fsp3) is 0.278. The van der Waals surface area contributed by atoms with Gasteiger partial charge in [-0.2, -0.15) is 0 Å². The number of ether oxygens (including phenoxy) is 2. The molecule has 0 saturated carbocycles. The molecular weight excluding hydrogens is 316 g/mol. The van der Waals surface area contributed by atoms with Gasteiger partial charge in [-0.3, -0.25) is 4.79 Å². The number of para-hydroxylation sites is 1. The van der Waals surface area contributed by atoms with Crippen molar-refractivity contribution in [1.82, 2.24) is 5.32 Å². The highest BCUT2D eigenvalue weighted by Gasteiger charge is 2.18. The standard InChI is InChI=1S/C18H19F2NO3/c1-12(15-11-13(19)7-8-16(15)20)21-18(22)14-5-3-4-6-17(14)24-10-9-23-2/h3-8,11-12H,9-10H2,1-2H3,(H,21,22)/t12-/m1/s1. The lowest BCUT2D eigenvalue weighted by molar-refractivity contribution is 0.0931. The Morgan fingerprint density at radius 3 is 2.67 bits per heavy atom. The molecule has 4 nitrogen and oxygen atoms in total. The van der Waals surface area contributed by atoms with E-state index in [1.165, 1.54) is 0 Å². The van der Waals surface area contributed by atoms with Crippen LogP contribution in [0.2, 0.25) is 0 Å².